The maximum atomic E-state index is 12.2. The summed E-state index contributed by atoms with van der Waals surface area (Å²) in [7, 11) is 0. The van der Waals surface area contributed by atoms with E-state index in [4.69, 9.17) is 4.74 Å². The van der Waals surface area contributed by atoms with Crippen LogP contribution in [-0.2, 0) is 16.1 Å². The summed E-state index contributed by atoms with van der Waals surface area (Å²) in [6, 6.07) is 6.89. The third-order valence-corrected chi connectivity index (χ3v) is 4.94. The summed E-state index contributed by atoms with van der Waals surface area (Å²) in [5.41, 5.74) is -0.361. The lowest BCUT2D eigenvalue weighted by Gasteiger charge is -2.35. The van der Waals surface area contributed by atoms with Crippen molar-refractivity contribution in [2.75, 3.05) is 26.2 Å². The fourth-order valence-electron chi connectivity index (χ4n) is 3.76. The molecule has 2 heterocycles. The van der Waals surface area contributed by atoms with Crippen LogP contribution in [0.4, 0.5) is 0 Å². The number of amides is 1. The highest BCUT2D eigenvalue weighted by Gasteiger charge is 2.21. The molecular formula is C20H28N4O4. The van der Waals surface area contributed by atoms with Crippen molar-refractivity contribution in [2.24, 2.45) is 0 Å². The average Bonchev–Trinajstić information content (AvgIpc) is 2.64. The van der Waals surface area contributed by atoms with E-state index in [-0.39, 0.29) is 31.1 Å². The Balaban J connectivity index is 1.47. The molecule has 1 aromatic carbocycles. The molecule has 28 heavy (non-hydrogen) atoms. The number of hydrogen-bond acceptors (Lipinski definition) is 5. The maximum absolute atomic E-state index is 12.2. The number of aryl methyl sites for hydroxylation is 1. The second-order valence-corrected chi connectivity index (χ2v) is 7.40. The van der Waals surface area contributed by atoms with E-state index >= 15 is 0 Å². The molecule has 0 spiro atoms. The van der Waals surface area contributed by atoms with E-state index < -0.39 is 11.2 Å². The molecule has 0 saturated carbocycles. The molecule has 0 radical (unpaired) electrons. The molecule has 0 bridgehead atoms. The molecule has 1 aromatic heterocycles. The number of ether oxygens (including phenoxy) is 1. The van der Waals surface area contributed by atoms with Crippen molar-refractivity contribution >= 4 is 16.8 Å². The Hall–Kier alpha value is -2.45. The number of aromatic amines is 1. The van der Waals surface area contributed by atoms with Gasteiger partial charge in [-0.25, -0.2) is 4.79 Å². The number of rotatable bonds is 7. The van der Waals surface area contributed by atoms with Crippen LogP contribution >= 0.6 is 0 Å². The maximum Gasteiger partial charge on any atom is 0.328 e. The lowest BCUT2D eigenvalue weighted by Crippen LogP contribution is -2.46. The number of H-pyrrole nitrogens is 1. The zero-order valence-electron chi connectivity index (χ0n) is 16.4. The summed E-state index contributed by atoms with van der Waals surface area (Å²) in [5, 5.41) is 3.35. The monoisotopic (exact) mass is 388 g/mol. The van der Waals surface area contributed by atoms with Gasteiger partial charge in [-0.2, -0.15) is 0 Å². The van der Waals surface area contributed by atoms with Crippen LogP contribution in [-0.4, -0.2) is 58.7 Å². The standard InChI is InChI=1S/C20H28N4O4/c1-14-12-23(13-15(2)28-14)10-5-9-21-18(25)8-11-24-17-7-4-3-6-16(17)19(26)22-20(24)27/h3-4,6-7,14-15H,5,8-13H2,1-2H3,(H,21,25)(H,22,26,27). The third kappa shape index (κ3) is 5.08. The lowest BCUT2D eigenvalue weighted by atomic mass is 10.2. The van der Waals surface area contributed by atoms with Crippen LogP contribution in [0.25, 0.3) is 10.9 Å². The van der Waals surface area contributed by atoms with E-state index in [1.165, 1.54) is 4.57 Å². The Morgan fingerprint density at radius 1 is 1.18 bits per heavy atom. The topological polar surface area (TPSA) is 96.4 Å². The molecule has 0 aliphatic carbocycles. The van der Waals surface area contributed by atoms with Gasteiger partial charge in [0.1, 0.15) is 0 Å². The van der Waals surface area contributed by atoms with E-state index in [0.717, 1.165) is 26.1 Å². The number of fused-ring (bicyclic) bond motifs is 1. The van der Waals surface area contributed by atoms with E-state index in [2.05, 4.69) is 29.0 Å². The summed E-state index contributed by atoms with van der Waals surface area (Å²) in [6.45, 7) is 7.73. The Morgan fingerprint density at radius 3 is 2.64 bits per heavy atom. The molecule has 2 N–H and O–H groups in total. The zero-order chi connectivity index (χ0) is 20.1. The third-order valence-electron chi connectivity index (χ3n) is 4.94. The minimum Gasteiger partial charge on any atom is -0.373 e. The van der Waals surface area contributed by atoms with Gasteiger partial charge in [0.15, 0.2) is 0 Å². The zero-order valence-corrected chi connectivity index (χ0v) is 16.4. The molecule has 8 nitrogen and oxygen atoms in total. The predicted octanol–water partition coefficient (Wildman–Crippen LogP) is 0.695. The lowest BCUT2D eigenvalue weighted by molar-refractivity contribution is -0.121. The molecule has 2 atom stereocenters. The minimum atomic E-state index is -0.493. The largest absolute Gasteiger partial charge is 0.373 e. The van der Waals surface area contributed by atoms with Gasteiger partial charge >= 0.3 is 5.69 Å². The smallest absolute Gasteiger partial charge is 0.328 e. The Labute approximate surface area is 163 Å². The van der Waals surface area contributed by atoms with E-state index in [1.54, 1.807) is 24.3 Å². The molecule has 1 aliphatic rings. The number of para-hydroxylation sites is 1. The van der Waals surface area contributed by atoms with E-state index in [0.29, 0.717) is 17.4 Å². The number of nitrogens with one attached hydrogen (secondary N) is 2. The van der Waals surface area contributed by atoms with E-state index in [1.807, 2.05) is 0 Å². The van der Waals surface area contributed by atoms with Crippen LogP contribution in [0.15, 0.2) is 33.9 Å². The first kappa shape index (κ1) is 20.3. The molecule has 8 heteroatoms. The fraction of sp³-hybridized carbons (Fsp3) is 0.550. The van der Waals surface area contributed by atoms with Crippen LogP contribution in [0.1, 0.15) is 26.7 Å². The number of hydrogen-bond donors (Lipinski definition) is 2. The van der Waals surface area contributed by atoms with Crippen LogP contribution < -0.4 is 16.6 Å². The molecule has 2 aromatic rings. The summed E-state index contributed by atoms with van der Waals surface area (Å²) in [4.78, 5) is 40.8. The number of nitrogens with zero attached hydrogens (tertiary/aromatic N) is 2. The highest BCUT2D eigenvalue weighted by atomic mass is 16.5. The van der Waals surface area contributed by atoms with Crippen LogP contribution in [0.2, 0.25) is 0 Å². The first-order valence-corrected chi connectivity index (χ1v) is 9.80. The quantitative estimate of drug-likeness (QED) is 0.681. The van der Waals surface area contributed by atoms with Crippen molar-refractivity contribution in [3.8, 4) is 0 Å². The van der Waals surface area contributed by atoms with Crippen LogP contribution in [0.3, 0.4) is 0 Å². The van der Waals surface area contributed by atoms with Gasteiger partial charge < -0.3 is 10.1 Å². The normalized spacial score (nSPS) is 20.4. The number of carbonyl (C=O) groups is 1. The SMILES string of the molecule is CC1CN(CCCNC(=O)CCn2c(=O)[nH]c(=O)c3ccccc32)CC(C)O1. The van der Waals surface area contributed by atoms with Gasteiger partial charge in [0.25, 0.3) is 5.56 Å². The number of carbonyl (C=O) groups excluding carboxylic acids is 1. The van der Waals surface area contributed by atoms with Crippen LogP contribution in [0, 0.1) is 0 Å². The summed E-state index contributed by atoms with van der Waals surface area (Å²) in [5.74, 6) is -0.106. The Morgan fingerprint density at radius 2 is 1.89 bits per heavy atom. The van der Waals surface area contributed by atoms with Gasteiger partial charge in [-0.15, -0.1) is 0 Å². The Kier molecular flexibility index (Phi) is 6.64. The van der Waals surface area contributed by atoms with Crippen molar-refractivity contribution < 1.29 is 9.53 Å². The van der Waals surface area contributed by atoms with Crippen molar-refractivity contribution in [1.29, 1.82) is 0 Å². The van der Waals surface area contributed by atoms with Crippen molar-refractivity contribution in [1.82, 2.24) is 19.8 Å². The van der Waals surface area contributed by atoms with Crippen molar-refractivity contribution in [3.63, 3.8) is 0 Å². The van der Waals surface area contributed by atoms with E-state index in [9.17, 15) is 14.4 Å². The highest BCUT2D eigenvalue weighted by Crippen LogP contribution is 2.10. The molecule has 1 fully saturated rings. The van der Waals surface area contributed by atoms with Gasteiger partial charge in [-0.05, 0) is 32.4 Å². The number of aromatic nitrogens is 2. The number of benzene rings is 1. The first-order chi connectivity index (χ1) is 13.4. The molecule has 1 saturated heterocycles. The van der Waals surface area contributed by atoms with Crippen molar-refractivity contribution in [2.45, 2.75) is 45.4 Å². The summed E-state index contributed by atoms with van der Waals surface area (Å²) < 4.78 is 7.16. The summed E-state index contributed by atoms with van der Waals surface area (Å²) in [6.07, 6.45) is 1.53. The summed E-state index contributed by atoms with van der Waals surface area (Å²) >= 11 is 0. The molecular weight excluding hydrogens is 360 g/mol. The van der Waals surface area contributed by atoms with Crippen LogP contribution in [0.5, 0.6) is 0 Å². The molecule has 152 valence electrons. The van der Waals surface area contributed by atoms with Gasteiger partial charge in [-0.3, -0.25) is 24.0 Å². The Bertz CT molecular complexity index is 926. The first-order valence-electron chi connectivity index (χ1n) is 9.80. The van der Waals surface area contributed by atoms with Gasteiger partial charge in [0, 0.05) is 39.1 Å². The second kappa shape index (κ2) is 9.16. The molecule has 1 aliphatic heterocycles. The molecule has 3 rings (SSSR count). The molecule has 2 unspecified atom stereocenters. The average molecular weight is 388 g/mol. The van der Waals surface area contributed by atoms with Crippen molar-refractivity contribution in [3.05, 3.63) is 45.1 Å². The van der Waals surface area contributed by atoms with Gasteiger partial charge in [-0.1, -0.05) is 12.1 Å². The second-order valence-electron chi connectivity index (χ2n) is 7.40. The predicted molar refractivity (Wildman–Crippen MR) is 108 cm³/mol. The number of morpholine rings is 1. The minimum absolute atomic E-state index is 0.106. The highest BCUT2D eigenvalue weighted by molar-refractivity contribution is 5.78. The van der Waals surface area contributed by atoms with Gasteiger partial charge in [0.2, 0.25) is 5.91 Å². The van der Waals surface area contributed by atoms with Gasteiger partial charge in [0.05, 0.1) is 23.1 Å². The fourth-order valence-corrected chi connectivity index (χ4v) is 3.76. The molecule has 1 amide bonds.